The average molecular weight is 353 g/mol. The van der Waals surface area contributed by atoms with Gasteiger partial charge in [0, 0.05) is 24.3 Å². The summed E-state index contributed by atoms with van der Waals surface area (Å²) in [5.41, 5.74) is 3.26. The molecule has 26 heavy (non-hydrogen) atoms. The lowest BCUT2D eigenvalue weighted by Gasteiger charge is -2.30. The lowest BCUT2D eigenvalue weighted by atomic mass is 10.1. The van der Waals surface area contributed by atoms with Gasteiger partial charge >= 0.3 is 0 Å². The predicted molar refractivity (Wildman–Crippen MR) is 103 cm³/mol. The van der Waals surface area contributed by atoms with E-state index >= 15 is 0 Å². The van der Waals surface area contributed by atoms with Crippen molar-refractivity contribution < 1.29 is 14.3 Å². The summed E-state index contributed by atoms with van der Waals surface area (Å²) in [5, 5.41) is 6.04. The Labute approximate surface area is 153 Å². The Hall–Kier alpha value is -2.86. The van der Waals surface area contributed by atoms with E-state index in [9.17, 15) is 9.59 Å². The molecule has 1 amide bonds. The second-order valence-corrected chi connectivity index (χ2v) is 6.15. The minimum atomic E-state index is -0.124. The number of morpholine rings is 1. The van der Waals surface area contributed by atoms with Gasteiger partial charge in [-0.1, -0.05) is 12.1 Å². The molecule has 6 heteroatoms. The van der Waals surface area contributed by atoms with Crippen LogP contribution in [-0.2, 0) is 9.53 Å². The number of carbonyl (C=O) groups is 2. The van der Waals surface area contributed by atoms with Crippen molar-refractivity contribution in [2.45, 2.75) is 6.92 Å². The van der Waals surface area contributed by atoms with Crippen molar-refractivity contribution in [2.75, 3.05) is 48.4 Å². The molecule has 0 radical (unpaired) electrons. The van der Waals surface area contributed by atoms with Crippen LogP contribution in [0.25, 0.3) is 0 Å². The van der Waals surface area contributed by atoms with E-state index in [1.165, 1.54) is 6.92 Å². The Balaban J connectivity index is 1.59. The number of para-hydroxylation sites is 2. The molecule has 0 spiro atoms. The summed E-state index contributed by atoms with van der Waals surface area (Å²) < 4.78 is 5.39. The number of rotatable bonds is 6. The Morgan fingerprint density at radius 2 is 1.73 bits per heavy atom. The molecule has 1 saturated heterocycles. The van der Waals surface area contributed by atoms with Gasteiger partial charge in [-0.15, -0.1) is 0 Å². The van der Waals surface area contributed by atoms with Gasteiger partial charge in [0.25, 0.3) is 0 Å². The third-order valence-electron chi connectivity index (χ3n) is 4.27. The molecule has 0 unspecified atom stereocenters. The van der Waals surface area contributed by atoms with Gasteiger partial charge in [-0.3, -0.25) is 9.59 Å². The zero-order valence-corrected chi connectivity index (χ0v) is 14.8. The average Bonchev–Trinajstić information content (AvgIpc) is 2.68. The Morgan fingerprint density at radius 1 is 1.04 bits per heavy atom. The highest BCUT2D eigenvalue weighted by molar-refractivity contribution is 5.97. The SMILES string of the molecule is CC(=O)c1ccc(NCC(=O)Nc2ccccc2N2CCOCC2)cc1. The van der Waals surface area contributed by atoms with E-state index < -0.39 is 0 Å². The minimum Gasteiger partial charge on any atom is -0.378 e. The van der Waals surface area contributed by atoms with Crippen molar-refractivity contribution in [1.29, 1.82) is 0 Å². The van der Waals surface area contributed by atoms with Gasteiger partial charge in [-0.05, 0) is 43.3 Å². The smallest absolute Gasteiger partial charge is 0.243 e. The largest absolute Gasteiger partial charge is 0.378 e. The fraction of sp³-hybridized carbons (Fsp3) is 0.300. The number of Topliss-reactive ketones (excluding diaryl/α,β-unsaturated/α-hetero) is 1. The zero-order valence-electron chi connectivity index (χ0n) is 14.8. The van der Waals surface area contributed by atoms with Gasteiger partial charge in [0.1, 0.15) is 0 Å². The highest BCUT2D eigenvalue weighted by Crippen LogP contribution is 2.26. The number of ether oxygens (including phenoxy) is 1. The summed E-state index contributed by atoms with van der Waals surface area (Å²) in [6.07, 6.45) is 0. The summed E-state index contributed by atoms with van der Waals surface area (Å²) in [6.45, 7) is 4.69. The fourth-order valence-corrected chi connectivity index (χ4v) is 2.86. The van der Waals surface area contributed by atoms with Gasteiger partial charge in [-0.25, -0.2) is 0 Å². The summed E-state index contributed by atoms with van der Waals surface area (Å²) in [7, 11) is 0. The maximum Gasteiger partial charge on any atom is 0.243 e. The number of ketones is 1. The second-order valence-electron chi connectivity index (χ2n) is 6.15. The molecule has 6 nitrogen and oxygen atoms in total. The molecule has 2 N–H and O–H groups in total. The molecule has 0 bridgehead atoms. The number of hydrogen-bond acceptors (Lipinski definition) is 5. The van der Waals surface area contributed by atoms with Crippen molar-refractivity contribution in [3.05, 3.63) is 54.1 Å². The van der Waals surface area contributed by atoms with Gasteiger partial charge in [-0.2, -0.15) is 0 Å². The highest BCUT2D eigenvalue weighted by atomic mass is 16.5. The highest BCUT2D eigenvalue weighted by Gasteiger charge is 2.15. The number of nitrogens with one attached hydrogen (secondary N) is 2. The van der Waals surface area contributed by atoms with Crippen LogP contribution in [0.2, 0.25) is 0 Å². The second kappa shape index (κ2) is 8.49. The Bertz CT molecular complexity index is 768. The maximum atomic E-state index is 12.3. The summed E-state index contributed by atoms with van der Waals surface area (Å²) in [5.74, 6) is -0.102. The van der Waals surface area contributed by atoms with Gasteiger partial charge < -0.3 is 20.3 Å². The van der Waals surface area contributed by atoms with Crippen LogP contribution in [0.3, 0.4) is 0 Å². The monoisotopic (exact) mass is 353 g/mol. The molecule has 0 atom stereocenters. The number of nitrogens with zero attached hydrogens (tertiary/aromatic N) is 1. The van der Waals surface area contributed by atoms with Crippen molar-refractivity contribution >= 4 is 28.8 Å². The van der Waals surface area contributed by atoms with E-state index in [4.69, 9.17) is 4.74 Å². The zero-order chi connectivity index (χ0) is 18.4. The van der Waals surface area contributed by atoms with Crippen LogP contribution in [0, 0.1) is 0 Å². The van der Waals surface area contributed by atoms with Crippen LogP contribution in [0.4, 0.5) is 17.1 Å². The predicted octanol–water partition coefficient (Wildman–Crippen LogP) is 2.78. The lowest BCUT2D eigenvalue weighted by Crippen LogP contribution is -2.37. The molecular weight excluding hydrogens is 330 g/mol. The lowest BCUT2D eigenvalue weighted by molar-refractivity contribution is -0.114. The number of hydrogen-bond donors (Lipinski definition) is 2. The van der Waals surface area contributed by atoms with Gasteiger partial charge in [0.05, 0.1) is 31.1 Å². The molecule has 1 aliphatic rings. The third kappa shape index (κ3) is 4.61. The molecule has 3 rings (SSSR count). The van der Waals surface area contributed by atoms with E-state index in [0.717, 1.165) is 30.2 Å². The Kier molecular flexibility index (Phi) is 5.86. The van der Waals surface area contributed by atoms with Crippen molar-refractivity contribution in [3.63, 3.8) is 0 Å². The van der Waals surface area contributed by atoms with Crippen LogP contribution in [0.5, 0.6) is 0 Å². The van der Waals surface area contributed by atoms with Crippen LogP contribution >= 0.6 is 0 Å². The van der Waals surface area contributed by atoms with Crippen LogP contribution < -0.4 is 15.5 Å². The maximum absolute atomic E-state index is 12.3. The van der Waals surface area contributed by atoms with Crippen molar-refractivity contribution in [1.82, 2.24) is 0 Å². The van der Waals surface area contributed by atoms with E-state index in [1.54, 1.807) is 24.3 Å². The molecule has 0 aromatic heterocycles. The number of amides is 1. The van der Waals surface area contributed by atoms with E-state index in [-0.39, 0.29) is 18.2 Å². The molecule has 0 saturated carbocycles. The number of carbonyl (C=O) groups excluding carboxylic acids is 2. The van der Waals surface area contributed by atoms with Gasteiger partial charge in [0.2, 0.25) is 5.91 Å². The third-order valence-corrected chi connectivity index (χ3v) is 4.27. The Morgan fingerprint density at radius 3 is 2.42 bits per heavy atom. The quantitative estimate of drug-likeness (QED) is 0.782. The minimum absolute atomic E-state index is 0.0222. The van der Waals surface area contributed by atoms with Crippen LogP contribution in [0.1, 0.15) is 17.3 Å². The standard InChI is InChI=1S/C20H23N3O3/c1-15(24)16-6-8-17(9-7-16)21-14-20(25)22-18-4-2-3-5-19(18)23-10-12-26-13-11-23/h2-9,21H,10-14H2,1H3,(H,22,25). The molecule has 1 heterocycles. The first kappa shape index (κ1) is 17.9. The first-order valence-corrected chi connectivity index (χ1v) is 8.70. The van der Waals surface area contributed by atoms with Crippen LogP contribution in [-0.4, -0.2) is 44.5 Å². The molecule has 2 aromatic carbocycles. The van der Waals surface area contributed by atoms with E-state index in [1.807, 2.05) is 24.3 Å². The van der Waals surface area contributed by atoms with Gasteiger partial charge in [0.15, 0.2) is 5.78 Å². The summed E-state index contributed by atoms with van der Waals surface area (Å²) >= 11 is 0. The van der Waals surface area contributed by atoms with E-state index in [2.05, 4.69) is 15.5 Å². The molecule has 2 aromatic rings. The number of benzene rings is 2. The fourth-order valence-electron chi connectivity index (χ4n) is 2.86. The van der Waals surface area contributed by atoms with E-state index in [0.29, 0.717) is 18.8 Å². The normalized spacial score (nSPS) is 14.0. The number of anilines is 3. The topological polar surface area (TPSA) is 70.7 Å². The molecule has 136 valence electrons. The first-order valence-electron chi connectivity index (χ1n) is 8.70. The molecular formula is C20H23N3O3. The molecule has 0 aliphatic carbocycles. The van der Waals surface area contributed by atoms with Crippen LogP contribution in [0.15, 0.2) is 48.5 Å². The molecule has 1 fully saturated rings. The first-order chi connectivity index (χ1) is 12.6. The molecule has 1 aliphatic heterocycles. The van der Waals surface area contributed by atoms with Crippen molar-refractivity contribution in [3.8, 4) is 0 Å². The summed E-state index contributed by atoms with van der Waals surface area (Å²) in [6, 6.07) is 14.9. The van der Waals surface area contributed by atoms with Crippen molar-refractivity contribution in [2.24, 2.45) is 0 Å². The summed E-state index contributed by atoms with van der Waals surface area (Å²) in [4.78, 5) is 25.8.